The molecule has 2 aromatic heterocycles. The Labute approximate surface area is 124 Å². The van der Waals surface area contributed by atoms with E-state index in [0.717, 1.165) is 16.2 Å². The number of para-hydroxylation sites is 1. The summed E-state index contributed by atoms with van der Waals surface area (Å²) in [6.07, 6.45) is 0. The average molecular weight is 310 g/mol. The van der Waals surface area contributed by atoms with Crippen LogP contribution in [0.4, 0.5) is 0 Å². The van der Waals surface area contributed by atoms with Crippen LogP contribution in [0, 0.1) is 0 Å². The second-order valence-corrected chi connectivity index (χ2v) is 4.92. The summed E-state index contributed by atoms with van der Waals surface area (Å²) in [6.45, 7) is 0.400. The Morgan fingerprint density at radius 3 is 2.80 bits per heavy atom. The third-order valence-electron chi connectivity index (χ3n) is 2.75. The van der Waals surface area contributed by atoms with E-state index in [2.05, 4.69) is 15.0 Å². The number of fused-ring (bicyclic) bond motifs is 1. The SMILES string of the molecule is Cl.NCc1nc(-c2nc3c(C(N)=O)cccc3[nH]2)cs1. The number of nitrogens with zero attached hydrogens (tertiary/aromatic N) is 2. The van der Waals surface area contributed by atoms with Crippen LogP contribution < -0.4 is 11.5 Å². The van der Waals surface area contributed by atoms with E-state index < -0.39 is 5.91 Å². The van der Waals surface area contributed by atoms with Crippen molar-refractivity contribution < 1.29 is 4.79 Å². The molecule has 0 unspecified atom stereocenters. The van der Waals surface area contributed by atoms with Gasteiger partial charge in [-0.1, -0.05) is 6.07 Å². The highest BCUT2D eigenvalue weighted by atomic mass is 35.5. The molecule has 0 aliphatic carbocycles. The lowest BCUT2D eigenvalue weighted by molar-refractivity contribution is 0.100. The number of H-pyrrole nitrogens is 1. The number of hydrogen-bond donors (Lipinski definition) is 3. The highest BCUT2D eigenvalue weighted by Crippen LogP contribution is 2.23. The van der Waals surface area contributed by atoms with E-state index in [1.165, 1.54) is 11.3 Å². The molecule has 0 aliphatic rings. The molecule has 0 bridgehead atoms. The number of amides is 1. The first-order chi connectivity index (χ1) is 9.19. The second kappa shape index (κ2) is 5.58. The average Bonchev–Trinajstić information content (AvgIpc) is 3.03. The van der Waals surface area contributed by atoms with Gasteiger partial charge in [0, 0.05) is 11.9 Å². The van der Waals surface area contributed by atoms with Crippen molar-refractivity contribution in [2.45, 2.75) is 6.54 Å². The molecule has 0 saturated heterocycles. The smallest absolute Gasteiger partial charge is 0.250 e. The van der Waals surface area contributed by atoms with E-state index in [-0.39, 0.29) is 12.4 Å². The summed E-state index contributed by atoms with van der Waals surface area (Å²) in [5.41, 5.74) is 13.3. The molecule has 0 saturated carbocycles. The molecule has 0 atom stereocenters. The summed E-state index contributed by atoms with van der Waals surface area (Å²) < 4.78 is 0. The molecule has 104 valence electrons. The van der Waals surface area contributed by atoms with E-state index in [1.807, 2.05) is 11.4 Å². The summed E-state index contributed by atoms with van der Waals surface area (Å²) in [5, 5.41) is 2.72. The van der Waals surface area contributed by atoms with Crippen molar-refractivity contribution in [3.05, 3.63) is 34.2 Å². The lowest BCUT2D eigenvalue weighted by atomic mass is 10.2. The lowest BCUT2D eigenvalue weighted by Crippen LogP contribution is -2.11. The van der Waals surface area contributed by atoms with Gasteiger partial charge in [-0.25, -0.2) is 9.97 Å². The summed E-state index contributed by atoms with van der Waals surface area (Å²) in [6, 6.07) is 5.26. The summed E-state index contributed by atoms with van der Waals surface area (Å²) >= 11 is 1.48. The van der Waals surface area contributed by atoms with Crippen LogP contribution in [0.25, 0.3) is 22.6 Å². The molecular weight excluding hydrogens is 298 g/mol. The number of carbonyl (C=O) groups is 1. The van der Waals surface area contributed by atoms with Gasteiger partial charge in [0.2, 0.25) is 0 Å². The summed E-state index contributed by atoms with van der Waals surface area (Å²) in [4.78, 5) is 23.2. The zero-order valence-electron chi connectivity index (χ0n) is 10.3. The maximum Gasteiger partial charge on any atom is 0.250 e. The molecule has 0 spiro atoms. The fourth-order valence-electron chi connectivity index (χ4n) is 1.87. The van der Waals surface area contributed by atoms with Gasteiger partial charge < -0.3 is 16.5 Å². The third-order valence-corrected chi connectivity index (χ3v) is 3.62. The molecule has 1 amide bonds. The topological polar surface area (TPSA) is 111 Å². The van der Waals surface area contributed by atoms with Gasteiger partial charge in [0.25, 0.3) is 5.91 Å². The van der Waals surface area contributed by atoms with Crippen LogP contribution in [0.3, 0.4) is 0 Å². The maximum absolute atomic E-state index is 11.3. The van der Waals surface area contributed by atoms with Gasteiger partial charge >= 0.3 is 0 Å². The maximum atomic E-state index is 11.3. The number of thiazole rings is 1. The number of nitrogens with one attached hydrogen (secondary N) is 1. The Morgan fingerprint density at radius 2 is 2.15 bits per heavy atom. The Bertz CT molecular complexity index is 766. The van der Waals surface area contributed by atoms with Gasteiger partial charge in [-0.15, -0.1) is 23.7 Å². The Morgan fingerprint density at radius 1 is 1.35 bits per heavy atom. The third kappa shape index (κ3) is 2.38. The molecule has 0 radical (unpaired) electrons. The number of primary amides is 1. The minimum absolute atomic E-state index is 0. The first kappa shape index (κ1) is 14.4. The number of aromatic nitrogens is 3. The van der Waals surface area contributed by atoms with Crippen LogP contribution in [-0.4, -0.2) is 20.9 Å². The summed E-state index contributed by atoms with van der Waals surface area (Å²) in [5.74, 6) is 0.115. The van der Waals surface area contributed by atoms with Gasteiger partial charge in [-0.3, -0.25) is 4.79 Å². The van der Waals surface area contributed by atoms with Crippen molar-refractivity contribution in [2.75, 3.05) is 0 Å². The molecule has 6 nitrogen and oxygen atoms in total. The van der Waals surface area contributed by atoms with Crippen LogP contribution in [0.15, 0.2) is 23.6 Å². The normalized spacial score (nSPS) is 10.4. The lowest BCUT2D eigenvalue weighted by Gasteiger charge is -1.94. The number of carbonyl (C=O) groups excluding carboxylic acids is 1. The first-order valence-electron chi connectivity index (χ1n) is 5.62. The minimum Gasteiger partial charge on any atom is -0.366 e. The molecule has 20 heavy (non-hydrogen) atoms. The second-order valence-electron chi connectivity index (χ2n) is 3.98. The molecule has 2 heterocycles. The molecular formula is C12H12ClN5OS. The van der Waals surface area contributed by atoms with Crippen LogP contribution in [0.2, 0.25) is 0 Å². The van der Waals surface area contributed by atoms with Crippen LogP contribution >= 0.6 is 23.7 Å². The predicted molar refractivity (Wildman–Crippen MR) is 80.9 cm³/mol. The largest absolute Gasteiger partial charge is 0.366 e. The van der Waals surface area contributed by atoms with E-state index in [0.29, 0.717) is 23.4 Å². The van der Waals surface area contributed by atoms with Crippen molar-refractivity contribution in [3.63, 3.8) is 0 Å². The van der Waals surface area contributed by atoms with Gasteiger partial charge in [-0.2, -0.15) is 0 Å². The Hall–Kier alpha value is -1.96. The molecule has 1 aromatic carbocycles. The fourth-order valence-corrected chi connectivity index (χ4v) is 2.52. The number of halogens is 1. The number of benzene rings is 1. The first-order valence-corrected chi connectivity index (χ1v) is 6.50. The van der Waals surface area contributed by atoms with E-state index in [9.17, 15) is 4.79 Å². The standard InChI is InChI=1S/C12H11N5OS.ClH/c13-4-9-15-8(5-19-9)12-16-7-3-1-2-6(11(14)18)10(7)17-12;/h1-3,5H,4,13H2,(H2,14,18)(H,16,17);1H. The van der Waals surface area contributed by atoms with Crippen LogP contribution in [-0.2, 0) is 6.54 Å². The predicted octanol–water partition coefficient (Wildman–Crippen LogP) is 1.67. The van der Waals surface area contributed by atoms with Crippen molar-refractivity contribution in [1.29, 1.82) is 0 Å². The molecule has 0 fully saturated rings. The van der Waals surface area contributed by atoms with Crippen molar-refractivity contribution >= 4 is 40.7 Å². The molecule has 0 aliphatic heterocycles. The van der Waals surface area contributed by atoms with Crippen molar-refractivity contribution in [2.24, 2.45) is 11.5 Å². The van der Waals surface area contributed by atoms with Crippen molar-refractivity contribution in [3.8, 4) is 11.5 Å². The zero-order chi connectivity index (χ0) is 13.4. The Kier molecular flexibility index (Phi) is 4.03. The zero-order valence-corrected chi connectivity index (χ0v) is 11.9. The van der Waals surface area contributed by atoms with Crippen LogP contribution in [0.5, 0.6) is 0 Å². The number of rotatable bonds is 3. The Balaban J connectivity index is 0.00000147. The molecule has 5 N–H and O–H groups in total. The quantitative estimate of drug-likeness (QED) is 0.683. The van der Waals surface area contributed by atoms with Gasteiger partial charge in [0.05, 0.1) is 11.1 Å². The number of imidazole rings is 1. The van der Waals surface area contributed by atoms with Gasteiger partial charge in [-0.05, 0) is 12.1 Å². The monoisotopic (exact) mass is 309 g/mol. The minimum atomic E-state index is -0.496. The fraction of sp³-hybridized carbons (Fsp3) is 0.0833. The van der Waals surface area contributed by atoms with Crippen molar-refractivity contribution in [1.82, 2.24) is 15.0 Å². The van der Waals surface area contributed by atoms with Crippen LogP contribution in [0.1, 0.15) is 15.4 Å². The highest BCUT2D eigenvalue weighted by molar-refractivity contribution is 7.09. The summed E-state index contributed by atoms with van der Waals surface area (Å²) in [7, 11) is 0. The van der Waals surface area contributed by atoms with Gasteiger partial charge in [0.1, 0.15) is 16.2 Å². The van der Waals surface area contributed by atoms with Gasteiger partial charge in [0.15, 0.2) is 5.82 Å². The molecule has 8 heteroatoms. The number of hydrogen-bond acceptors (Lipinski definition) is 5. The molecule has 3 rings (SSSR count). The van der Waals surface area contributed by atoms with E-state index in [4.69, 9.17) is 11.5 Å². The van der Waals surface area contributed by atoms with E-state index in [1.54, 1.807) is 12.1 Å². The number of nitrogens with two attached hydrogens (primary N) is 2. The molecule has 3 aromatic rings. The highest BCUT2D eigenvalue weighted by Gasteiger charge is 2.13. The number of aromatic amines is 1. The van der Waals surface area contributed by atoms with E-state index >= 15 is 0 Å².